The molecule has 5 nitrogen and oxygen atoms in total. The molecule has 2 rings (SSSR count). The minimum atomic E-state index is -0.758. The highest BCUT2D eigenvalue weighted by molar-refractivity contribution is 5.80. The molecule has 0 aromatic carbocycles. The summed E-state index contributed by atoms with van der Waals surface area (Å²) in [6, 6.07) is 0. The van der Waals surface area contributed by atoms with Crippen LogP contribution in [-0.2, 0) is 9.59 Å². The van der Waals surface area contributed by atoms with Crippen LogP contribution in [0.25, 0.3) is 0 Å². The zero-order valence-electron chi connectivity index (χ0n) is 12.3. The number of likely N-dealkylation sites (tertiary alicyclic amines) is 1. The largest absolute Gasteiger partial charge is 0.481 e. The Hall–Kier alpha value is -1.10. The van der Waals surface area contributed by atoms with Crippen LogP contribution < -0.4 is 5.32 Å². The van der Waals surface area contributed by atoms with Gasteiger partial charge in [0.15, 0.2) is 0 Å². The van der Waals surface area contributed by atoms with Crippen molar-refractivity contribution in [3.8, 4) is 0 Å². The zero-order valence-corrected chi connectivity index (χ0v) is 12.3. The number of carbonyl (C=O) groups excluding carboxylic acids is 1. The average molecular weight is 282 g/mol. The standard InChI is InChI=1S/C15H26N2O3/c1-17-8-5-11(6-9-17)4-7-16-14(18)12-2-3-13(10-12)15(19)20/h11-13H,2-10H2,1H3,(H,16,18)(H,19,20)/t12-,13+/m1/s1. The van der Waals surface area contributed by atoms with E-state index in [2.05, 4.69) is 17.3 Å². The van der Waals surface area contributed by atoms with Gasteiger partial charge in [0, 0.05) is 12.5 Å². The van der Waals surface area contributed by atoms with E-state index in [9.17, 15) is 9.59 Å². The van der Waals surface area contributed by atoms with Gasteiger partial charge in [-0.1, -0.05) is 0 Å². The molecular formula is C15H26N2O3. The Kier molecular flexibility index (Phi) is 5.40. The smallest absolute Gasteiger partial charge is 0.306 e. The Bertz CT molecular complexity index is 351. The molecule has 2 atom stereocenters. The monoisotopic (exact) mass is 282 g/mol. The summed E-state index contributed by atoms with van der Waals surface area (Å²) < 4.78 is 0. The summed E-state index contributed by atoms with van der Waals surface area (Å²) in [5.41, 5.74) is 0. The number of rotatable bonds is 5. The fourth-order valence-electron chi connectivity index (χ4n) is 3.34. The lowest BCUT2D eigenvalue weighted by Gasteiger charge is -2.29. The van der Waals surface area contributed by atoms with Crippen molar-refractivity contribution in [2.45, 2.75) is 38.5 Å². The number of nitrogens with one attached hydrogen (secondary N) is 1. The van der Waals surface area contributed by atoms with Crippen LogP contribution in [0.15, 0.2) is 0 Å². The lowest BCUT2D eigenvalue weighted by Crippen LogP contribution is -2.34. The van der Waals surface area contributed by atoms with Crippen molar-refractivity contribution in [1.82, 2.24) is 10.2 Å². The summed E-state index contributed by atoms with van der Waals surface area (Å²) >= 11 is 0. The third-order valence-electron chi connectivity index (χ3n) is 4.84. The lowest BCUT2D eigenvalue weighted by atomic mass is 9.94. The molecule has 1 heterocycles. The van der Waals surface area contributed by atoms with Crippen molar-refractivity contribution in [3.63, 3.8) is 0 Å². The number of hydrogen-bond donors (Lipinski definition) is 2. The van der Waals surface area contributed by atoms with Crippen molar-refractivity contribution >= 4 is 11.9 Å². The second-order valence-electron chi connectivity index (χ2n) is 6.37. The van der Waals surface area contributed by atoms with Gasteiger partial charge >= 0.3 is 5.97 Å². The summed E-state index contributed by atoms with van der Waals surface area (Å²) in [6.45, 7) is 3.05. The molecular weight excluding hydrogens is 256 g/mol. The molecule has 1 amide bonds. The van der Waals surface area contributed by atoms with E-state index >= 15 is 0 Å². The normalized spacial score (nSPS) is 28.4. The third-order valence-corrected chi connectivity index (χ3v) is 4.84. The number of amides is 1. The number of carboxylic acid groups (broad SMARTS) is 1. The van der Waals surface area contributed by atoms with Gasteiger partial charge in [0.05, 0.1) is 5.92 Å². The molecule has 0 aromatic heterocycles. The third kappa shape index (κ3) is 4.20. The number of hydrogen-bond acceptors (Lipinski definition) is 3. The Balaban J connectivity index is 1.62. The summed E-state index contributed by atoms with van der Waals surface area (Å²) in [7, 11) is 2.15. The maximum atomic E-state index is 12.0. The van der Waals surface area contributed by atoms with E-state index < -0.39 is 5.97 Å². The first-order valence-corrected chi connectivity index (χ1v) is 7.75. The van der Waals surface area contributed by atoms with E-state index in [1.165, 1.54) is 12.8 Å². The molecule has 0 spiro atoms. The van der Waals surface area contributed by atoms with Crippen molar-refractivity contribution in [1.29, 1.82) is 0 Å². The molecule has 20 heavy (non-hydrogen) atoms. The van der Waals surface area contributed by atoms with Crippen LogP contribution in [-0.4, -0.2) is 48.6 Å². The van der Waals surface area contributed by atoms with Crippen LogP contribution in [0.1, 0.15) is 38.5 Å². The van der Waals surface area contributed by atoms with Gasteiger partial charge in [-0.2, -0.15) is 0 Å². The average Bonchev–Trinajstić information content (AvgIpc) is 2.91. The van der Waals surface area contributed by atoms with Crippen molar-refractivity contribution < 1.29 is 14.7 Å². The van der Waals surface area contributed by atoms with Gasteiger partial charge in [-0.05, 0) is 64.6 Å². The van der Waals surface area contributed by atoms with Crippen LogP contribution in [0.2, 0.25) is 0 Å². The molecule has 0 bridgehead atoms. The minimum Gasteiger partial charge on any atom is -0.481 e. The Morgan fingerprint density at radius 3 is 2.40 bits per heavy atom. The van der Waals surface area contributed by atoms with E-state index in [1.54, 1.807) is 0 Å². The van der Waals surface area contributed by atoms with Crippen LogP contribution in [0.3, 0.4) is 0 Å². The second kappa shape index (κ2) is 7.07. The lowest BCUT2D eigenvalue weighted by molar-refractivity contribution is -0.141. The SMILES string of the molecule is CN1CCC(CCNC(=O)[C@@H]2CC[C@H](C(=O)O)C2)CC1. The van der Waals surface area contributed by atoms with Gasteiger partial charge in [-0.15, -0.1) is 0 Å². The Labute approximate surface area is 120 Å². The van der Waals surface area contributed by atoms with Crippen molar-refractivity contribution in [2.75, 3.05) is 26.7 Å². The first-order valence-electron chi connectivity index (χ1n) is 7.75. The predicted molar refractivity (Wildman–Crippen MR) is 76.3 cm³/mol. The number of carboxylic acids is 1. The van der Waals surface area contributed by atoms with E-state index in [-0.39, 0.29) is 17.7 Å². The zero-order chi connectivity index (χ0) is 14.5. The van der Waals surface area contributed by atoms with Gasteiger partial charge in [-0.3, -0.25) is 9.59 Å². The maximum absolute atomic E-state index is 12.0. The number of nitrogens with zero attached hydrogens (tertiary/aromatic N) is 1. The summed E-state index contributed by atoms with van der Waals surface area (Å²) in [5, 5.41) is 11.9. The molecule has 2 aliphatic rings. The fourth-order valence-corrected chi connectivity index (χ4v) is 3.34. The van der Waals surface area contributed by atoms with Gasteiger partial charge < -0.3 is 15.3 Å². The van der Waals surface area contributed by atoms with E-state index in [0.29, 0.717) is 12.8 Å². The molecule has 1 saturated heterocycles. The second-order valence-corrected chi connectivity index (χ2v) is 6.37. The Morgan fingerprint density at radius 1 is 1.15 bits per heavy atom. The summed E-state index contributed by atoms with van der Waals surface area (Å²) in [6.07, 6.45) is 5.36. The Morgan fingerprint density at radius 2 is 1.80 bits per heavy atom. The first-order chi connectivity index (χ1) is 9.56. The summed E-state index contributed by atoms with van der Waals surface area (Å²) in [4.78, 5) is 25.2. The molecule has 1 saturated carbocycles. The van der Waals surface area contributed by atoms with Gasteiger partial charge in [0.1, 0.15) is 0 Å². The minimum absolute atomic E-state index is 0.0571. The maximum Gasteiger partial charge on any atom is 0.306 e. The van der Waals surface area contributed by atoms with E-state index in [0.717, 1.165) is 38.4 Å². The van der Waals surface area contributed by atoms with Crippen LogP contribution in [0.4, 0.5) is 0 Å². The van der Waals surface area contributed by atoms with Crippen LogP contribution in [0.5, 0.6) is 0 Å². The highest BCUT2D eigenvalue weighted by Gasteiger charge is 2.33. The molecule has 1 aliphatic carbocycles. The predicted octanol–water partition coefficient (Wildman–Crippen LogP) is 1.34. The van der Waals surface area contributed by atoms with Gasteiger partial charge in [0.2, 0.25) is 5.91 Å². The van der Waals surface area contributed by atoms with Gasteiger partial charge in [0.25, 0.3) is 0 Å². The van der Waals surface area contributed by atoms with Crippen molar-refractivity contribution in [3.05, 3.63) is 0 Å². The molecule has 0 radical (unpaired) electrons. The number of piperidine rings is 1. The van der Waals surface area contributed by atoms with Gasteiger partial charge in [-0.25, -0.2) is 0 Å². The molecule has 0 unspecified atom stereocenters. The molecule has 0 aromatic rings. The number of carbonyl (C=O) groups is 2. The molecule has 5 heteroatoms. The van der Waals surface area contributed by atoms with E-state index in [1.807, 2.05) is 0 Å². The topological polar surface area (TPSA) is 69.6 Å². The quantitative estimate of drug-likeness (QED) is 0.798. The highest BCUT2D eigenvalue weighted by atomic mass is 16.4. The fraction of sp³-hybridized carbons (Fsp3) is 0.867. The first kappa shape index (κ1) is 15.3. The summed E-state index contributed by atoms with van der Waals surface area (Å²) in [5.74, 6) is -0.386. The van der Waals surface area contributed by atoms with Crippen LogP contribution in [0, 0.1) is 17.8 Å². The van der Waals surface area contributed by atoms with Crippen molar-refractivity contribution in [2.24, 2.45) is 17.8 Å². The molecule has 2 N–H and O–H groups in total. The van der Waals surface area contributed by atoms with Crippen LogP contribution >= 0.6 is 0 Å². The molecule has 114 valence electrons. The number of aliphatic carboxylic acids is 1. The molecule has 1 aliphatic heterocycles. The molecule has 2 fully saturated rings. The highest BCUT2D eigenvalue weighted by Crippen LogP contribution is 2.31. The van der Waals surface area contributed by atoms with E-state index in [4.69, 9.17) is 5.11 Å².